The first-order valence-electron chi connectivity index (χ1n) is 3.27. The van der Waals surface area contributed by atoms with E-state index in [1.165, 1.54) is 6.26 Å². The van der Waals surface area contributed by atoms with Crippen LogP contribution in [0, 0.1) is 10.7 Å². The van der Waals surface area contributed by atoms with Gasteiger partial charge in [-0.15, -0.1) is 0 Å². The monoisotopic (exact) mass is 179 g/mol. The summed E-state index contributed by atoms with van der Waals surface area (Å²) in [5.41, 5.74) is 0. The molecule has 2 unspecified atom stereocenters. The van der Waals surface area contributed by atoms with Crippen molar-refractivity contribution < 1.29 is 14.1 Å². The highest BCUT2D eigenvalue weighted by Crippen LogP contribution is 2.03. The molecule has 0 aliphatic carbocycles. The zero-order valence-electron chi connectivity index (χ0n) is 6.66. The van der Waals surface area contributed by atoms with Crippen LogP contribution in [0.1, 0.15) is 13.3 Å². The van der Waals surface area contributed by atoms with Crippen molar-refractivity contribution >= 4 is 15.7 Å². The summed E-state index contributed by atoms with van der Waals surface area (Å²) < 4.78 is 17.8. The van der Waals surface area contributed by atoms with Gasteiger partial charge in [-0.25, -0.2) is 0 Å². The van der Waals surface area contributed by atoms with Gasteiger partial charge in [0.25, 0.3) is 0 Å². The van der Waals surface area contributed by atoms with Crippen molar-refractivity contribution in [1.29, 1.82) is 4.78 Å². The minimum absolute atomic E-state index is 0.167. The Morgan fingerprint density at radius 1 is 1.73 bits per heavy atom. The van der Waals surface area contributed by atoms with Crippen molar-refractivity contribution in [3.63, 3.8) is 0 Å². The van der Waals surface area contributed by atoms with Gasteiger partial charge in [0.1, 0.15) is 0 Å². The number of hydrogen-bond acceptors (Lipinski definition) is 3. The van der Waals surface area contributed by atoms with Gasteiger partial charge in [0.2, 0.25) is 0 Å². The lowest BCUT2D eigenvalue weighted by Gasteiger charge is -2.04. The van der Waals surface area contributed by atoms with Crippen LogP contribution in [-0.2, 0) is 14.5 Å². The first-order valence-corrected chi connectivity index (χ1v) is 5.41. The lowest BCUT2D eigenvalue weighted by Crippen LogP contribution is -2.14. The third-order valence-corrected chi connectivity index (χ3v) is 2.38. The Hall–Kier alpha value is -0.580. The highest BCUT2D eigenvalue weighted by atomic mass is 32.2. The second-order valence-corrected chi connectivity index (χ2v) is 5.16. The maximum absolute atomic E-state index is 10.8. The third-order valence-electron chi connectivity index (χ3n) is 1.36. The van der Waals surface area contributed by atoms with Crippen molar-refractivity contribution in [1.82, 2.24) is 0 Å². The number of hydrogen-bond donors (Lipinski definition) is 2. The predicted octanol–water partition coefficient (Wildman–Crippen LogP) is 0.774. The Morgan fingerprint density at radius 2 is 2.18 bits per heavy atom. The van der Waals surface area contributed by atoms with Crippen molar-refractivity contribution in [2.24, 2.45) is 5.92 Å². The second kappa shape index (κ2) is 3.71. The van der Waals surface area contributed by atoms with E-state index in [1.54, 1.807) is 6.92 Å². The fourth-order valence-corrected chi connectivity index (χ4v) is 1.33. The van der Waals surface area contributed by atoms with Gasteiger partial charge < -0.3 is 5.11 Å². The van der Waals surface area contributed by atoms with Crippen LogP contribution in [-0.4, -0.2) is 27.3 Å². The molecule has 0 rings (SSSR count). The van der Waals surface area contributed by atoms with E-state index in [1.807, 2.05) is 0 Å². The van der Waals surface area contributed by atoms with Crippen LogP contribution in [0.3, 0.4) is 0 Å². The molecule has 66 valence electrons. The molecule has 0 aliphatic heterocycles. The van der Waals surface area contributed by atoms with Crippen LogP contribution >= 0.6 is 0 Å². The number of carbonyl (C=O) groups is 1. The molecule has 0 saturated heterocycles. The van der Waals surface area contributed by atoms with Crippen molar-refractivity contribution in [3.05, 3.63) is 0 Å². The highest BCUT2D eigenvalue weighted by Gasteiger charge is 2.11. The number of rotatable bonds is 4. The number of carboxylic acid groups (broad SMARTS) is 1. The van der Waals surface area contributed by atoms with Gasteiger partial charge in [0.05, 0.1) is 5.92 Å². The molecule has 2 atom stereocenters. The van der Waals surface area contributed by atoms with Crippen LogP contribution in [0.2, 0.25) is 0 Å². The average Bonchev–Trinajstić information content (AvgIpc) is 1.80. The smallest absolute Gasteiger partial charge is 0.306 e. The molecule has 0 aromatic heterocycles. The summed E-state index contributed by atoms with van der Waals surface area (Å²) >= 11 is 0. The molecule has 0 amide bonds. The number of nitrogens with one attached hydrogen (secondary N) is 1. The van der Waals surface area contributed by atoms with Gasteiger partial charge in [-0.3, -0.25) is 13.8 Å². The Balaban J connectivity index is 3.82. The minimum Gasteiger partial charge on any atom is -0.481 e. The summed E-state index contributed by atoms with van der Waals surface area (Å²) in [7, 11) is -2.52. The van der Waals surface area contributed by atoms with Crippen LogP contribution in [0.4, 0.5) is 0 Å². The summed E-state index contributed by atoms with van der Waals surface area (Å²) in [4.78, 5) is 10.3. The fourth-order valence-electron chi connectivity index (χ4n) is 0.525. The van der Waals surface area contributed by atoms with E-state index >= 15 is 0 Å². The van der Waals surface area contributed by atoms with Crippen LogP contribution in [0.15, 0.2) is 0 Å². The summed E-state index contributed by atoms with van der Waals surface area (Å²) in [5.74, 6) is -1.23. The summed E-state index contributed by atoms with van der Waals surface area (Å²) in [6.07, 6.45) is 1.63. The molecular formula is C6H13NO3S. The largest absolute Gasteiger partial charge is 0.481 e. The first-order chi connectivity index (χ1) is 4.83. The zero-order chi connectivity index (χ0) is 9.07. The van der Waals surface area contributed by atoms with E-state index in [2.05, 4.69) is 0 Å². The molecule has 0 aromatic rings. The molecule has 5 heteroatoms. The molecule has 4 nitrogen and oxygen atoms in total. The Morgan fingerprint density at radius 3 is 2.45 bits per heavy atom. The second-order valence-electron chi connectivity index (χ2n) is 2.74. The van der Waals surface area contributed by atoms with E-state index in [0.717, 1.165) is 0 Å². The summed E-state index contributed by atoms with van der Waals surface area (Å²) in [6, 6.07) is 0. The van der Waals surface area contributed by atoms with Gasteiger partial charge in [-0.1, -0.05) is 6.92 Å². The Bertz CT molecular complexity index is 232. The van der Waals surface area contributed by atoms with Crippen LogP contribution in [0.25, 0.3) is 0 Å². The van der Waals surface area contributed by atoms with Gasteiger partial charge in [0, 0.05) is 21.7 Å². The van der Waals surface area contributed by atoms with Crippen molar-refractivity contribution in [3.8, 4) is 0 Å². The van der Waals surface area contributed by atoms with Crippen molar-refractivity contribution in [2.75, 3.05) is 12.0 Å². The van der Waals surface area contributed by atoms with Crippen LogP contribution < -0.4 is 0 Å². The molecule has 11 heavy (non-hydrogen) atoms. The molecule has 0 heterocycles. The molecule has 0 fully saturated rings. The van der Waals surface area contributed by atoms with Gasteiger partial charge in [-0.05, 0) is 6.42 Å². The maximum Gasteiger partial charge on any atom is 0.306 e. The average molecular weight is 179 g/mol. The van der Waals surface area contributed by atoms with Gasteiger partial charge >= 0.3 is 5.97 Å². The molecule has 0 aromatic carbocycles. The van der Waals surface area contributed by atoms with E-state index in [-0.39, 0.29) is 5.75 Å². The van der Waals surface area contributed by atoms with Crippen molar-refractivity contribution in [2.45, 2.75) is 13.3 Å². The zero-order valence-corrected chi connectivity index (χ0v) is 7.48. The Kier molecular flexibility index (Phi) is 3.51. The highest BCUT2D eigenvalue weighted by molar-refractivity contribution is 7.91. The summed E-state index contributed by atoms with van der Waals surface area (Å²) in [6.45, 7) is 1.55. The SMILES string of the molecule is CC(CCS(C)(=N)=O)C(=O)O. The lowest BCUT2D eigenvalue weighted by atomic mass is 10.1. The molecule has 0 radical (unpaired) electrons. The standard InChI is InChI=1S/C6H13NO3S/c1-5(6(8)9)3-4-11(2,7)10/h5,7H,3-4H2,1-2H3,(H,8,9). The molecule has 0 saturated carbocycles. The number of carboxylic acids is 1. The Labute approximate surface area is 66.6 Å². The minimum atomic E-state index is -2.52. The van der Waals surface area contributed by atoms with E-state index in [9.17, 15) is 9.00 Å². The normalized spacial score (nSPS) is 18.7. The van der Waals surface area contributed by atoms with Gasteiger partial charge in [-0.2, -0.15) is 0 Å². The van der Waals surface area contributed by atoms with Crippen LogP contribution in [0.5, 0.6) is 0 Å². The maximum atomic E-state index is 10.8. The quantitative estimate of drug-likeness (QED) is 0.669. The fraction of sp³-hybridized carbons (Fsp3) is 0.833. The van der Waals surface area contributed by atoms with E-state index < -0.39 is 21.6 Å². The predicted molar refractivity (Wildman–Crippen MR) is 43.1 cm³/mol. The molecule has 0 bridgehead atoms. The first kappa shape index (κ1) is 10.4. The lowest BCUT2D eigenvalue weighted by molar-refractivity contribution is -0.141. The topological polar surface area (TPSA) is 78.2 Å². The molecular weight excluding hydrogens is 166 g/mol. The molecule has 2 N–H and O–H groups in total. The third kappa shape index (κ3) is 5.84. The molecule has 0 spiro atoms. The summed E-state index contributed by atoms with van der Waals surface area (Å²) in [5, 5.41) is 8.42. The van der Waals surface area contributed by atoms with E-state index in [0.29, 0.717) is 6.42 Å². The number of aliphatic carboxylic acids is 1. The van der Waals surface area contributed by atoms with E-state index in [4.69, 9.17) is 9.89 Å². The molecule has 0 aliphatic rings. The van der Waals surface area contributed by atoms with Gasteiger partial charge in [0.15, 0.2) is 0 Å².